The number of anilines is 1. The fraction of sp³-hybridized carbons (Fsp3) is 0.211. The van der Waals surface area contributed by atoms with Gasteiger partial charge in [0.15, 0.2) is 0 Å². The lowest BCUT2D eigenvalue weighted by molar-refractivity contribution is 0.394. The summed E-state index contributed by atoms with van der Waals surface area (Å²) >= 11 is 0. The molecule has 0 spiro atoms. The lowest BCUT2D eigenvalue weighted by Crippen LogP contribution is -2.51. The molecule has 0 aromatic heterocycles. The molecule has 0 saturated heterocycles. The van der Waals surface area contributed by atoms with Gasteiger partial charge in [0, 0.05) is 24.2 Å². The third-order valence-electron chi connectivity index (χ3n) is 8.08. The lowest BCUT2D eigenvalue weighted by Gasteiger charge is -2.51. The molecule has 200 valence electrons. The number of hydrogen-bond donors (Lipinski definition) is 0. The van der Waals surface area contributed by atoms with Crippen LogP contribution in [-0.4, -0.2) is 20.9 Å². The van der Waals surface area contributed by atoms with Crippen molar-refractivity contribution >= 4 is 13.5 Å². The van der Waals surface area contributed by atoms with E-state index in [4.69, 9.17) is 7.85 Å². The fourth-order valence-corrected chi connectivity index (χ4v) is 6.04. The molecule has 40 heavy (non-hydrogen) atoms. The van der Waals surface area contributed by atoms with Gasteiger partial charge in [-0.1, -0.05) is 146 Å². The third kappa shape index (κ3) is 5.77. The van der Waals surface area contributed by atoms with Crippen molar-refractivity contribution in [2.24, 2.45) is 0 Å². The fourth-order valence-electron chi connectivity index (χ4n) is 6.04. The molecule has 0 unspecified atom stereocenters. The minimum atomic E-state index is -0.743. The molecular formula is C38H40BN. The van der Waals surface area contributed by atoms with Crippen LogP contribution in [-0.2, 0) is 10.7 Å². The molecule has 0 N–H and O–H groups in total. The quantitative estimate of drug-likeness (QED) is 0.175. The summed E-state index contributed by atoms with van der Waals surface area (Å²) in [6.07, 6.45) is 0.862. The van der Waals surface area contributed by atoms with Gasteiger partial charge in [0.05, 0.1) is 7.85 Å². The van der Waals surface area contributed by atoms with Crippen molar-refractivity contribution in [2.45, 2.75) is 37.9 Å². The van der Waals surface area contributed by atoms with E-state index in [1.165, 1.54) is 16.8 Å². The molecule has 0 fully saturated rings. The maximum Gasteiger partial charge on any atom is 0.0892 e. The van der Waals surface area contributed by atoms with Crippen molar-refractivity contribution in [3.05, 3.63) is 174 Å². The standard InChI is InChI=1S/C28H25B.C10H15N/c1-2-27(23-15-7-3-8-16-23,24-17-9-4-10-18-24)28(29,25-19-11-5-12-20-25)26-21-13-6-14-22-26;1-3-11(4-2)10-8-6-5-7-9-10/h3-22H,2H2,1H3;5-9H,3-4H2,1-2H3. The molecule has 0 atom stereocenters. The van der Waals surface area contributed by atoms with E-state index >= 15 is 0 Å². The zero-order valence-corrected chi connectivity index (χ0v) is 24.1. The highest BCUT2D eigenvalue weighted by Crippen LogP contribution is 2.53. The van der Waals surface area contributed by atoms with E-state index < -0.39 is 10.7 Å². The van der Waals surface area contributed by atoms with Crippen LogP contribution in [0, 0.1) is 0 Å². The minimum absolute atomic E-state index is 0.432. The molecule has 0 aliphatic heterocycles. The van der Waals surface area contributed by atoms with Crippen molar-refractivity contribution in [1.29, 1.82) is 0 Å². The molecule has 1 nitrogen and oxygen atoms in total. The van der Waals surface area contributed by atoms with E-state index in [-0.39, 0.29) is 0 Å². The first-order valence-electron chi connectivity index (χ1n) is 14.4. The predicted molar refractivity (Wildman–Crippen MR) is 173 cm³/mol. The van der Waals surface area contributed by atoms with E-state index in [0.29, 0.717) is 0 Å². The SMILES string of the molecule is CCN(CC)c1ccccc1.[B]C(c1ccccc1)(c1ccccc1)C(CC)(c1ccccc1)c1ccccc1. The Hall–Kier alpha value is -4.04. The van der Waals surface area contributed by atoms with Gasteiger partial charge in [-0.3, -0.25) is 0 Å². The van der Waals surface area contributed by atoms with E-state index in [2.05, 4.69) is 159 Å². The van der Waals surface area contributed by atoms with Crippen LogP contribution in [0.15, 0.2) is 152 Å². The summed E-state index contributed by atoms with van der Waals surface area (Å²) < 4.78 is 0. The molecule has 0 aliphatic carbocycles. The van der Waals surface area contributed by atoms with E-state index in [1.807, 2.05) is 18.2 Å². The second-order valence-corrected chi connectivity index (χ2v) is 10.0. The molecule has 0 aliphatic rings. The van der Waals surface area contributed by atoms with E-state index in [0.717, 1.165) is 30.6 Å². The topological polar surface area (TPSA) is 3.24 Å². The van der Waals surface area contributed by atoms with Crippen LogP contribution in [0.4, 0.5) is 5.69 Å². The molecule has 0 bridgehead atoms. The smallest absolute Gasteiger partial charge is 0.0892 e. The summed E-state index contributed by atoms with van der Waals surface area (Å²) in [7, 11) is 7.59. The number of benzene rings is 5. The van der Waals surface area contributed by atoms with Crippen LogP contribution >= 0.6 is 0 Å². The van der Waals surface area contributed by atoms with Gasteiger partial charge < -0.3 is 4.90 Å². The van der Waals surface area contributed by atoms with Crippen LogP contribution in [0.2, 0.25) is 0 Å². The van der Waals surface area contributed by atoms with Crippen LogP contribution in [0.5, 0.6) is 0 Å². The van der Waals surface area contributed by atoms with Gasteiger partial charge in [-0.2, -0.15) is 0 Å². The summed E-state index contributed by atoms with van der Waals surface area (Å²) in [6.45, 7) is 8.77. The maximum absolute atomic E-state index is 7.59. The zero-order chi connectivity index (χ0) is 28.3. The van der Waals surface area contributed by atoms with Gasteiger partial charge in [0.2, 0.25) is 0 Å². The number of nitrogens with zero attached hydrogens (tertiary/aromatic N) is 1. The first-order valence-corrected chi connectivity index (χ1v) is 14.4. The van der Waals surface area contributed by atoms with Gasteiger partial charge in [0.1, 0.15) is 0 Å². The highest BCUT2D eigenvalue weighted by molar-refractivity contribution is 6.20. The summed E-state index contributed by atoms with van der Waals surface area (Å²) in [5, 5.41) is -0.743. The van der Waals surface area contributed by atoms with E-state index in [9.17, 15) is 0 Å². The van der Waals surface area contributed by atoms with E-state index in [1.54, 1.807) is 0 Å². The number of rotatable bonds is 9. The van der Waals surface area contributed by atoms with Gasteiger partial charge in [-0.15, -0.1) is 0 Å². The Balaban J connectivity index is 0.000000283. The summed E-state index contributed by atoms with van der Waals surface area (Å²) in [6, 6.07) is 53.0. The summed E-state index contributed by atoms with van der Waals surface area (Å²) in [5.41, 5.74) is 5.56. The second kappa shape index (κ2) is 13.9. The Kier molecular flexibility index (Phi) is 10.0. The maximum atomic E-state index is 7.59. The minimum Gasteiger partial charge on any atom is -0.372 e. The van der Waals surface area contributed by atoms with Crippen molar-refractivity contribution in [3.63, 3.8) is 0 Å². The third-order valence-corrected chi connectivity index (χ3v) is 8.08. The number of para-hydroxylation sites is 1. The zero-order valence-electron chi connectivity index (χ0n) is 24.1. The molecular weight excluding hydrogens is 481 g/mol. The lowest BCUT2D eigenvalue weighted by atomic mass is 9.42. The monoisotopic (exact) mass is 521 g/mol. The largest absolute Gasteiger partial charge is 0.372 e. The molecule has 5 aromatic rings. The van der Waals surface area contributed by atoms with Crippen molar-refractivity contribution in [2.75, 3.05) is 18.0 Å². The molecule has 5 rings (SSSR count). The summed E-state index contributed by atoms with van der Waals surface area (Å²) in [5.74, 6) is 0. The summed E-state index contributed by atoms with van der Waals surface area (Å²) in [4.78, 5) is 2.33. The first kappa shape index (κ1) is 29.0. The molecule has 0 amide bonds. The second-order valence-electron chi connectivity index (χ2n) is 10.0. The molecule has 0 saturated carbocycles. The molecule has 2 radical (unpaired) electrons. The van der Waals surface area contributed by atoms with Gasteiger partial charge in [-0.05, 0) is 60.0 Å². The highest BCUT2D eigenvalue weighted by atomic mass is 15.1. The Morgan fingerprint density at radius 3 is 1.05 bits per heavy atom. The average molecular weight is 522 g/mol. The Morgan fingerprint density at radius 2 is 0.750 bits per heavy atom. The number of hydrogen-bond acceptors (Lipinski definition) is 1. The highest BCUT2D eigenvalue weighted by Gasteiger charge is 2.50. The van der Waals surface area contributed by atoms with Crippen LogP contribution in [0.3, 0.4) is 0 Å². The van der Waals surface area contributed by atoms with Crippen LogP contribution in [0.1, 0.15) is 49.4 Å². The average Bonchev–Trinajstić information content (AvgIpc) is 3.05. The van der Waals surface area contributed by atoms with Crippen LogP contribution in [0.25, 0.3) is 0 Å². The Bertz CT molecular complexity index is 1300. The van der Waals surface area contributed by atoms with Gasteiger partial charge >= 0.3 is 0 Å². The van der Waals surface area contributed by atoms with Crippen molar-refractivity contribution < 1.29 is 0 Å². The van der Waals surface area contributed by atoms with Gasteiger partial charge in [0.25, 0.3) is 0 Å². The van der Waals surface area contributed by atoms with Gasteiger partial charge in [-0.25, -0.2) is 0 Å². The Morgan fingerprint density at radius 1 is 0.450 bits per heavy atom. The van der Waals surface area contributed by atoms with Crippen molar-refractivity contribution in [3.8, 4) is 0 Å². The molecule has 2 heteroatoms. The predicted octanol–water partition coefficient (Wildman–Crippen LogP) is 9.03. The Labute approximate surface area is 242 Å². The molecule has 0 heterocycles. The normalized spacial score (nSPS) is 11.3. The van der Waals surface area contributed by atoms with Crippen molar-refractivity contribution in [1.82, 2.24) is 0 Å². The van der Waals surface area contributed by atoms with Crippen LogP contribution < -0.4 is 4.90 Å². The first-order chi connectivity index (χ1) is 19.6. The molecule has 5 aromatic carbocycles.